The Morgan fingerprint density at radius 2 is 0.839 bits per heavy atom. The van der Waals surface area contributed by atoms with Gasteiger partial charge in [0.1, 0.15) is 36.6 Å². The van der Waals surface area contributed by atoms with Gasteiger partial charge in [-0.25, -0.2) is 0 Å². The molecule has 1 rings (SSSR count). The number of carbonyl (C=O) groups is 1. The fourth-order valence-electron chi connectivity index (χ4n) is 8.80. The zero-order valence-corrected chi connectivity index (χ0v) is 40.1. The van der Waals surface area contributed by atoms with Gasteiger partial charge in [0.15, 0.2) is 6.29 Å². The summed E-state index contributed by atoms with van der Waals surface area (Å²) in [6.45, 7) is 3.44. The van der Waals surface area contributed by atoms with Crippen molar-refractivity contribution in [2.24, 2.45) is 0 Å². The van der Waals surface area contributed by atoms with Crippen LogP contribution in [0.15, 0.2) is 0 Å². The molecule has 0 aromatic carbocycles. The Labute approximate surface area is 379 Å². The minimum Gasteiger partial charge on any atom is -0.394 e. The van der Waals surface area contributed by atoms with E-state index >= 15 is 0 Å². The highest BCUT2D eigenvalue weighted by Gasteiger charge is 2.44. The van der Waals surface area contributed by atoms with Gasteiger partial charge < -0.3 is 50.5 Å². The maximum Gasteiger partial charge on any atom is 0.249 e. The molecule has 0 radical (unpaired) electrons. The first-order valence-electron chi connectivity index (χ1n) is 26.4. The molecule has 11 nitrogen and oxygen atoms in total. The summed E-state index contributed by atoms with van der Waals surface area (Å²) in [5.41, 5.74) is 0. The van der Waals surface area contributed by atoms with E-state index in [2.05, 4.69) is 19.2 Å². The van der Waals surface area contributed by atoms with Gasteiger partial charge in [-0.1, -0.05) is 239 Å². The number of aliphatic hydroxyl groups excluding tert-OH is 7. The Morgan fingerprint density at radius 3 is 1.19 bits per heavy atom. The van der Waals surface area contributed by atoms with Gasteiger partial charge in [0.25, 0.3) is 0 Å². The minimum absolute atomic E-state index is 0.266. The Hall–Kier alpha value is -0.890. The molecule has 0 spiro atoms. The van der Waals surface area contributed by atoms with E-state index in [1.165, 1.54) is 173 Å². The highest BCUT2D eigenvalue weighted by atomic mass is 16.7. The van der Waals surface area contributed by atoms with Crippen molar-refractivity contribution in [2.45, 2.75) is 306 Å². The SMILES string of the molecule is CCCCCCCCCCCCCCCCCCCCCCCCCCCCC(O)C(=O)NC(COC1OC(CO)C(O)C(O)C1O)C(O)C(O)CCCCCCCCCCC. The van der Waals surface area contributed by atoms with Crippen molar-refractivity contribution in [3.8, 4) is 0 Å². The van der Waals surface area contributed by atoms with Crippen LogP contribution in [0.5, 0.6) is 0 Å². The summed E-state index contributed by atoms with van der Waals surface area (Å²) >= 11 is 0. The molecule has 11 heteroatoms. The summed E-state index contributed by atoms with van der Waals surface area (Å²) in [5.74, 6) is -0.693. The average molecular weight is 888 g/mol. The molecule has 370 valence electrons. The third-order valence-corrected chi connectivity index (χ3v) is 13.2. The molecule has 1 aliphatic rings. The van der Waals surface area contributed by atoms with Gasteiger partial charge in [0, 0.05) is 0 Å². The van der Waals surface area contributed by atoms with E-state index in [1.807, 2.05) is 0 Å². The molecule has 62 heavy (non-hydrogen) atoms. The lowest BCUT2D eigenvalue weighted by molar-refractivity contribution is -0.303. The van der Waals surface area contributed by atoms with Gasteiger partial charge in [0.05, 0.1) is 25.4 Å². The number of amides is 1. The second-order valence-corrected chi connectivity index (χ2v) is 19.0. The molecular formula is C51H101NO10. The summed E-state index contributed by atoms with van der Waals surface area (Å²) in [5, 5.41) is 75.6. The lowest BCUT2D eigenvalue weighted by Crippen LogP contribution is -2.60. The smallest absolute Gasteiger partial charge is 0.249 e. The van der Waals surface area contributed by atoms with E-state index in [4.69, 9.17) is 9.47 Å². The molecule has 9 unspecified atom stereocenters. The van der Waals surface area contributed by atoms with Gasteiger partial charge in [-0.3, -0.25) is 4.79 Å². The quantitative estimate of drug-likeness (QED) is 0.0273. The monoisotopic (exact) mass is 888 g/mol. The summed E-state index contributed by atoms with van der Waals surface area (Å²) < 4.78 is 11.1. The van der Waals surface area contributed by atoms with Gasteiger partial charge in [0.2, 0.25) is 5.91 Å². The lowest BCUT2D eigenvalue weighted by atomic mass is 9.98. The molecule has 0 saturated carbocycles. The number of ether oxygens (including phenoxy) is 2. The molecule has 0 aromatic heterocycles. The van der Waals surface area contributed by atoms with Crippen molar-refractivity contribution in [3.63, 3.8) is 0 Å². The minimum atomic E-state index is -1.66. The summed E-state index contributed by atoms with van der Waals surface area (Å²) in [6.07, 6.45) is 33.3. The number of carbonyl (C=O) groups excluding carboxylic acids is 1. The Bertz CT molecular complexity index is 975. The number of rotatable bonds is 45. The summed E-state index contributed by atoms with van der Waals surface area (Å²) in [6, 6.07) is -1.16. The highest BCUT2D eigenvalue weighted by molar-refractivity contribution is 5.80. The van der Waals surface area contributed by atoms with E-state index in [1.54, 1.807) is 0 Å². The van der Waals surface area contributed by atoms with E-state index < -0.39 is 74.2 Å². The number of nitrogens with one attached hydrogen (secondary N) is 1. The molecule has 1 fully saturated rings. The van der Waals surface area contributed by atoms with E-state index in [-0.39, 0.29) is 6.42 Å². The zero-order valence-electron chi connectivity index (χ0n) is 40.1. The molecule has 0 aromatic rings. The topological polar surface area (TPSA) is 189 Å². The summed E-state index contributed by atoms with van der Waals surface area (Å²) in [7, 11) is 0. The standard InChI is InChI=1S/C51H101NO10/c1-3-5-7-9-11-13-14-15-16-17-18-19-20-21-22-23-24-25-26-27-28-29-31-33-35-37-39-44(55)50(60)52-42(41-61-51-49(59)48(58)47(57)45(40-53)62-51)46(56)43(54)38-36-34-32-30-12-10-8-6-4-2/h42-49,51,53-59H,3-41H2,1-2H3,(H,52,60). The third kappa shape index (κ3) is 30.3. The van der Waals surface area contributed by atoms with Crippen LogP contribution in [-0.4, -0.2) is 110 Å². The normalized spacial score (nSPS) is 21.2. The van der Waals surface area contributed by atoms with Crippen LogP contribution in [0.3, 0.4) is 0 Å². The molecule has 8 N–H and O–H groups in total. The van der Waals surface area contributed by atoms with Crippen LogP contribution in [0.25, 0.3) is 0 Å². The predicted molar refractivity (Wildman–Crippen MR) is 252 cm³/mol. The van der Waals surface area contributed by atoms with E-state index in [9.17, 15) is 40.5 Å². The van der Waals surface area contributed by atoms with Crippen LogP contribution in [-0.2, 0) is 14.3 Å². The van der Waals surface area contributed by atoms with Crippen molar-refractivity contribution < 1.29 is 50.0 Å². The Morgan fingerprint density at radius 1 is 0.500 bits per heavy atom. The fraction of sp³-hybridized carbons (Fsp3) is 0.980. The molecular weight excluding hydrogens is 787 g/mol. The number of hydrogen-bond acceptors (Lipinski definition) is 10. The van der Waals surface area contributed by atoms with Gasteiger partial charge in [-0.05, 0) is 12.8 Å². The first-order valence-corrected chi connectivity index (χ1v) is 26.4. The second kappa shape index (κ2) is 41.5. The molecule has 1 aliphatic heterocycles. The van der Waals surface area contributed by atoms with Crippen LogP contribution < -0.4 is 5.32 Å². The van der Waals surface area contributed by atoms with Crippen LogP contribution in [0.2, 0.25) is 0 Å². The number of unbranched alkanes of at least 4 members (excludes halogenated alkanes) is 33. The van der Waals surface area contributed by atoms with E-state index in [0.29, 0.717) is 19.3 Å². The van der Waals surface area contributed by atoms with Gasteiger partial charge >= 0.3 is 0 Å². The van der Waals surface area contributed by atoms with Crippen molar-refractivity contribution in [3.05, 3.63) is 0 Å². The fourth-order valence-corrected chi connectivity index (χ4v) is 8.80. The Kier molecular flexibility index (Phi) is 39.6. The van der Waals surface area contributed by atoms with Crippen LogP contribution in [0, 0.1) is 0 Å². The Balaban J connectivity index is 2.23. The molecule has 1 saturated heterocycles. The van der Waals surface area contributed by atoms with Crippen molar-refractivity contribution in [1.82, 2.24) is 5.32 Å². The van der Waals surface area contributed by atoms with E-state index in [0.717, 1.165) is 38.5 Å². The summed E-state index contributed by atoms with van der Waals surface area (Å²) in [4.78, 5) is 13.1. The highest BCUT2D eigenvalue weighted by Crippen LogP contribution is 2.23. The maximum absolute atomic E-state index is 13.1. The van der Waals surface area contributed by atoms with Gasteiger partial charge in [-0.2, -0.15) is 0 Å². The first kappa shape index (κ1) is 59.1. The largest absolute Gasteiger partial charge is 0.394 e. The van der Waals surface area contributed by atoms with Crippen molar-refractivity contribution in [2.75, 3.05) is 13.2 Å². The molecule has 1 amide bonds. The predicted octanol–water partition coefficient (Wildman–Crippen LogP) is 9.84. The van der Waals surface area contributed by atoms with Crippen LogP contribution >= 0.6 is 0 Å². The van der Waals surface area contributed by atoms with Crippen molar-refractivity contribution in [1.29, 1.82) is 0 Å². The molecule has 1 heterocycles. The lowest BCUT2D eigenvalue weighted by Gasteiger charge is -2.40. The first-order chi connectivity index (χ1) is 30.2. The maximum atomic E-state index is 13.1. The van der Waals surface area contributed by atoms with Crippen LogP contribution in [0.4, 0.5) is 0 Å². The van der Waals surface area contributed by atoms with Crippen molar-refractivity contribution >= 4 is 5.91 Å². The molecule has 0 bridgehead atoms. The third-order valence-electron chi connectivity index (χ3n) is 13.2. The second-order valence-electron chi connectivity index (χ2n) is 19.0. The van der Waals surface area contributed by atoms with Crippen LogP contribution in [0.1, 0.15) is 251 Å². The zero-order chi connectivity index (χ0) is 45.5. The number of aliphatic hydroxyl groups is 7. The average Bonchev–Trinajstić information content (AvgIpc) is 3.27. The van der Waals surface area contributed by atoms with Gasteiger partial charge in [-0.15, -0.1) is 0 Å². The number of hydrogen-bond donors (Lipinski definition) is 8. The molecule has 9 atom stereocenters. The molecule has 0 aliphatic carbocycles.